The fourth-order valence-electron chi connectivity index (χ4n) is 2.75. The molecule has 0 bridgehead atoms. The van der Waals surface area contributed by atoms with Gasteiger partial charge in [-0.1, -0.05) is 28.1 Å². The predicted octanol–water partition coefficient (Wildman–Crippen LogP) is 5.32. The summed E-state index contributed by atoms with van der Waals surface area (Å²) in [6, 6.07) is 15.4. The van der Waals surface area contributed by atoms with Crippen LogP contribution in [0.15, 0.2) is 80.5 Å². The van der Waals surface area contributed by atoms with Gasteiger partial charge in [0.25, 0.3) is 10.0 Å². The summed E-state index contributed by atoms with van der Waals surface area (Å²) in [4.78, 5) is 8.43. The van der Waals surface area contributed by atoms with E-state index in [-0.39, 0.29) is 10.6 Å². The summed E-state index contributed by atoms with van der Waals surface area (Å²) in [6.07, 6.45) is 3.10. The second kappa shape index (κ2) is 7.94. The third-order valence-electron chi connectivity index (χ3n) is 4.14. The molecule has 0 aliphatic carbocycles. The van der Waals surface area contributed by atoms with Gasteiger partial charge in [-0.3, -0.25) is 9.71 Å². The van der Waals surface area contributed by atoms with Crippen LogP contribution < -0.4 is 4.72 Å². The fraction of sp³-hybridized carbons (Fsp3) is 0. The number of fused-ring (bicyclic) bond motifs is 1. The molecular formula is C20H14BrN3O3S2. The number of anilines is 1. The van der Waals surface area contributed by atoms with Crippen molar-refractivity contribution in [1.29, 1.82) is 0 Å². The van der Waals surface area contributed by atoms with Crippen molar-refractivity contribution in [3.8, 4) is 5.75 Å². The topological polar surface area (TPSA) is 91.7 Å². The second-order valence-corrected chi connectivity index (χ2v) is 9.55. The normalized spacial score (nSPS) is 11.9. The van der Waals surface area contributed by atoms with E-state index >= 15 is 0 Å². The van der Waals surface area contributed by atoms with E-state index in [9.17, 15) is 13.5 Å². The lowest BCUT2D eigenvalue weighted by Crippen LogP contribution is -2.12. The smallest absolute Gasteiger partial charge is 0.263 e. The number of phenolic OH excluding ortho intramolecular Hbond substituents is 1. The van der Waals surface area contributed by atoms with Crippen molar-refractivity contribution in [2.75, 3.05) is 4.72 Å². The number of hydrogen-bond donors (Lipinski definition) is 2. The Morgan fingerprint density at radius 3 is 2.62 bits per heavy atom. The number of benzene rings is 3. The monoisotopic (exact) mass is 487 g/mol. The van der Waals surface area contributed by atoms with Crippen LogP contribution >= 0.6 is 27.3 Å². The van der Waals surface area contributed by atoms with Crippen LogP contribution in [-0.2, 0) is 10.0 Å². The molecule has 0 saturated heterocycles. The molecule has 4 rings (SSSR count). The van der Waals surface area contributed by atoms with Crippen molar-refractivity contribution >= 4 is 65.1 Å². The number of rotatable bonds is 5. The molecule has 0 aliphatic rings. The molecule has 6 nitrogen and oxygen atoms in total. The van der Waals surface area contributed by atoms with Crippen LogP contribution in [0.4, 0.5) is 10.8 Å². The molecule has 9 heteroatoms. The van der Waals surface area contributed by atoms with Crippen LogP contribution in [0.5, 0.6) is 5.75 Å². The molecule has 0 radical (unpaired) electrons. The molecule has 146 valence electrons. The van der Waals surface area contributed by atoms with Gasteiger partial charge in [-0.25, -0.2) is 13.4 Å². The summed E-state index contributed by atoms with van der Waals surface area (Å²) in [5, 5.41) is 14.1. The third kappa shape index (κ3) is 4.31. The van der Waals surface area contributed by atoms with Gasteiger partial charge in [0.15, 0.2) is 5.13 Å². The first-order valence-corrected chi connectivity index (χ1v) is 11.6. The Labute approximate surface area is 179 Å². The van der Waals surface area contributed by atoms with Crippen LogP contribution in [0.1, 0.15) is 5.56 Å². The molecule has 3 aromatic carbocycles. The van der Waals surface area contributed by atoms with Crippen molar-refractivity contribution in [2.24, 2.45) is 4.99 Å². The quantitative estimate of drug-likeness (QED) is 0.372. The number of halogens is 1. The summed E-state index contributed by atoms with van der Waals surface area (Å²) in [7, 11) is -3.71. The highest BCUT2D eigenvalue weighted by Gasteiger charge is 2.15. The Morgan fingerprint density at radius 1 is 1.10 bits per heavy atom. The first kappa shape index (κ1) is 19.6. The molecule has 0 atom stereocenters. The highest BCUT2D eigenvalue weighted by atomic mass is 79.9. The molecule has 0 saturated carbocycles. The number of nitrogens with one attached hydrogen (secondary N) is 1. The van der Waals surface area contributed by atoms with E-state index in [1.165, 1.54) is 29.7 Å². The first-order chi connectivity index (χ1) is 13.9. The molecule has 29 heavy (non-hydrogen) atoms. The first-order valence-electron chi connectivity index (χ1n) is 8.40. The van der Waals surface area contributed by atoms with Gasteiger partial charge in [-0.2, -0.15) is 0 Å². The number of hydrogen-bond acceptors (Lipinski definition) is 6. The van der Waals surface area contributed by atoms with Crippen molar-refractivity contribution in [1.82, 2.24) is 4.98 Å². The maximum atomic E-state index is 12.4. The minimum atomic E-state index is -3.71. The van der Waals surface area contributed by atoms with Crippen LogP contribution in [0.3, 0.4) is 0 Å². The lowest BCUT2D eigenvalue weighted by Gasteiger charge is -2.06. The van der Waals surface area contributed by atoms with E-state index in [0.717, 1.165) is 15.2 Å². The number of aromatic nitrogens is 1. The SMILES string of the molecule is O=S(=O)(Nc1nccs1)c1ccc(N=Cc2c(O)ccc3cc(Br)ccc23)cc1. The van der Waals surface area contributed by atoms with Crippen LogP contribution in [0, 0.1) is 0 Å². The molecule has 4 aromatic rings. The van der Waals surface area contributed by atoms with E-state index in [4.69, 9.17) is 0 Å². The minimum absolute atomic E-state index is 0.115. The second-order valence-electron chi connectivity index (χ2n) is 6.06. The number of aliphatic imine (C=N–C) groups is 1. The lowest BCUT2D eigenvalue weighted by atomic mass is 10.0. The van der Waals surface area contributed by atoms with Gasteiger partial charge in [0.1, 0.15) is 5.75 Å². The Balaban J connectivity index is 1.60. The van der Waals surface area contributed by atoms with Crippen molar-refractivity contribution < 1.29 is 13.5 Å². The summed E-state index contributed by atoms with van der Waals surface area (Å²) in [5.41, 5.74) is 1.16. The van der Waals surface area contributed by atoms with E-state index in [1.807, 2.05) is 24.3 Å². The molecule has 1 heterocycles. The molecule has 1 aromatic heterocycles. The molecule has 0 unspecified atom stereocenters. The highest BCUT2D eigenvalue weighted by molar-refractivity contribution is 9.10. The van der Waals surface area contributed by atoms with E-state index in [0.29, 0.717) is 16.4 Å². The van der Waals surface area contributed by atoms with E-state index in [2.05, 4.69) is 30.6 Å². The third-order valence-corrected chi connectivity index (χ3v) is 6.81. The molecule has 0 spiro atoms. The van der Waals surface area contributed by atoms with E-state index in [1.54, 1.807) is 29.8 Å². The Bertz CT molecular complexity index is 1300. The number of aromatic hydroxyl groups is 1. The van der Waals surface area contributed by atoms with Gasteiger partial charge in [0.2, 0.25) is 0 Å². The van der Waals surface area contributed by atoms with Crippen LogP contribution in [-0.4, -0.2) is 24.7 Å². The van der Waals surface area contributed by atoms with Crippen molar-refractivity contribution in [3.63, 3.8) is 0 Å². The number of thiazole rings is 1. The molecular weight excluding hydrogens is 474 g/mol. The predicted molar refractivity (Wildman–Crippen MR) is 120 cm³/mol. The van der Waals surface area contributed by atoms with Gasteiger partial charge in [-0.15, -0.1) is 11.3 Å². The standard InChI is InChI=1S/C20H14BrN3O3S2/c21-14-2-7-17-13(11-14)1-8-19(25)18(17)12-23-15-3-5-16(6-4-15)29(26,27)24-20-22-9-10-28-20/h1-12,25H,(H,22,24). The van der Waals surface area contributed by atoms with Gasteiger partial charge in [-0.05, 0) is 53.2 Å². The zero-order valence-corrected chi connectivity index (χ0v) is 18.0. The van der Waals surface area contributed by atoms with Gasteiger partial charge >= 0.3 is 0 Å². The number of phenols is 1. The maximum absolute atomic E-state index is 12.4. The van der Waals surface area contributed by atoms with Gasteiger partial charge in [0, 0.05) is 27.8 Å². The Hall–Kier alpha value is -2.75. The molecule has 2 N–H and O–H groups in total. The van der Waals surface area contributed by atoms with Crippen LogP contribution in [0.2, 0.25) is 0 Å². The van der Waals surface area contributed by atoms with E-state index < -0.39 is 10.0 Å². The van der Waals surface area contributed by atoms with Crippen LogP contribution in [0.25, 0.3) is 10.8 Å². The highest BCUT2D eigenvalue weighted by Crippen LogP contribution is 2.29. The average Bonchev–Trinajstić information content (AvgIpc) is 3.20. The largest absolute Gasteiger partial charge is 0.507 e. The zero-order chi connectivity index (χ0) is 20.4. The number of nitrogens with zero attached hydrogens (tertiary/aromatic N) is 2. The minimum Gasteiger partial charge on any atom is -0.507 e. The molecule has 0 amide bonds. The van der Waals surface area contributed by atoms with Crippen molar-refractivity contribution in [3.05, 3.63) is 76.2 Å². The zero-order valence-electron chi connectivity index (χ0n) is 14.8. The van der Waals surface area contributed by atoms with Crippen molar-refractivity contribution in [2.45, 2.75) is 4.90 Å². The summed E-state index contributed by atoms with van der Waals surface area (Å²) < 4.78 is 28.2. The van der Waals surface area contributed by atoms with Gasteiger partial charge in [0.05, 0.1) is 10.6 Å². The summed E-state index contributed by atoms with van der Waals surface area (Å²) >= 11 is 4.64. The Morgan fingerprint density at radius 2 is 1.90 bits per heavy atom. The van der Waals surface area contributed by atoms with Gasteiger partial charge < -0.3 is 5.11 Å². The summed E-state index contributed by atoms with van der Waals surface area (Å²) in [6.45, 7) is 0. The molecule has 0 fully saturated rings. The maximum Gasteiger partial charge on any atom is 0.263 e. The Kier molecular flexibility index (Phi) is 5.35. The molecule has 0 aliphatic heterocycles. The average molecular weight is 488 g/mol. The number of sulfonamides is 1. The lowest BCUT2D eigenvalue weighted by molar-refractivity contribution is 0.475. The summed E-state index contributed by atoms with van der Waals surface area (Å²) in [5.74, 6) is 0.121. The fourth-order valence-corrected chi connectivity index (χ4v) is 4.91.